The summed E-state index contributed by atoms with van der Waals surface area (Å²) in [6.45, 7) is 8.03. The molecule has 4 heteroatoms. The number of halogens is 1. The molecule has 0 unspecified atom stereocenters. The maximum absolute atomic E-state index is 6.22. The molecule has 0 radical (unpaired) electrons. The highest BCUT2D eigenvalue weighted by molar-refractivity contribution is 7.76. The molecule has 0 aromatic heterocycles. The van der Waals surface area contributed by atoms with Crippen molar-refractivity contribution in [2.24, 2.45) is 0 Å². The van der Waals surface area contributed by atoms with E-state index in [0.717, 1.165) is 33.8 Å². The van der Waals surface area contributed by atoms with Gasteiger partial charge in [-0.2, -0.15) is 0 Å². The summed E-state index contributed by atoms with van der Waals surface area (Å²) in [5, 5.41) is 0. The second kappa shape index (κ2) is 6.47. The van der Waals surface area contributed by atoms with E-state index in [-0.39, 0.29) is 0 Å². The average Bonchev–Trinajstić information content (AvgIpc) is 2.38. The van der Waals surface area contributed by atoms with Crippen LogP contribution < -0.4 is 9.05 Å². The highest BCUT2D eigenvalue weighted by atomic mass is 35.7. The molecule has 2 nitrogen and oxygen atoms in total. The molecule has 0 amide bonds. The highest BCUT2D eigenvalue weighted by Gasteiger charge is 2.14. The Balaban J connectivity index is 2.10. The smallest absolute Gasteiger partial charge is 0.401 e. The van der Waals surface area contributed by atoms with Crippen LogP contribution in [0.2, 0.25) is 0 Å². The van der Waals surface area contributed by atoms with E-state index in [1.54, 1.807) is 0 Å². The van der Waals surface area contributed by atoms with E-state index >= 15 is 0 Å². The summed E-state index contributed by atoms with van der Waals surface area (Å²) >= 11 is 6.22. The molecule has 0 atom stereocenters. The zero-order valence-electron chi connectivity index (χ0n) is 12.1. The molecule has 0 saturated carbocycles. The van der Waals surface area contributed by atoms with Crippen LogP contribution in [0.1, 0.15) is 22.3 Å². The fourth-order valence-corrected chi connectivity index (χ4v) is 2.97. The van der Waals surface area contributed by atoms with E-state index in [9.17, 15) is 0 Å². The van der Waals surface area contributed by atoms with Crippen molar-refractivity contribution >= 4 is 19.0 Å². The van der Waals surface area contributed by atoms with Gasteiger partial charge in [0.05, 0.1) is 0 Å². The Labute approximate surface area is 126 Å². The second-order valence-corrected chi connectivity index (χ2v) is 6.55. The first-order valence-corrected chi connectivity index (χ1v) is 8.50. The Morgan fingerprint density at radius 2 is 1.15 bits per heavy atom. The second-order valence-electron chi connectivity index (χ2n) is 4.93. The van der Waals surface area contributed by atoms with Crippen molar-refractivity contribution < 1.29 is 9.05 Å². The monoisotopic (exact) mass is 308 g/mol. The van der Waals surface area contributed by atoms with Gasteiger partial charge in [-0.05, 0) is 73.3 Å². The molecular formula is C16H18ClO2P. The standard InChI is InChI=1S/C16H18ClO2P/c1-11-5-7-13(3)15(9-11)18-20(17)19-16-10-12(2)6-8-14(16)4/h5-10H,1-4H3. The third-order valence-corrected chi connectivity index (χ3v) is 4.12. The molecule has 0 saturated heterocycles. The van der Waals surface area contributed by atoms with Crippen molar-refractivity contribution in [3.63, 3.8) is 0 Å². The largest absolute Gasteiger partial charge is 0.427 e. The Kier molecular flexibility index (Phi) is 4.91. The van der Waals surface area contributed by atoms with E-state index < -0.39 is 7.73 Å². The minimum absolute atomic E-state index is 0.774. The lowest BCUT2D eigenvalue weighted by Gasteiger charge is -2.16. The molecule has 0 heterocycles. The van der Waals surface area contributed by atoms with Crippen molar-refractivity contribution in [3.05, 3.63) is 58.7 Å². The molecule has 0 N–H and O–H groups in total. The maximum Gasteiger partial charge on any atom is 0.401 e. The zero-order chi connectivity index (χ0) is 14.7. The molecule has 0 fully saturated rings. The van der Waals surface area contributed by atoms with Crippen LogP contribution in [-0.2, 0) is 0 Å². The van der Waals surface area contributed by atoms with Crippen molar-refractivity contribution in [3.8, 4) is 11.5 Å². The topological polar surface area (TPSA) is 18.5 Å². The van der Waals surface area contributed by atoms with E-state index in [1.165, 1.54) is 0 Å². The third-order valence-electron chi connectivity index (χ3n) is 3.03. The van der Waals surface area contributed by atoms with Crippen molar-refractivity contribution in [2.45, 2.75) is 27.7 Å². The molecule has 0 aliphatic heterocycles. The van der Waals surface area contributed by atoms with Gasteiger partial charge in [-0.1, -0.05) is 24.3 Å². The molecule has 2 rings (SSSR count). The van der Waals surface area contributed by atoms with Crippen LogP contribution in [0.15, 0.2) is 36.4 Å². The number of hydrogen-bond acceptors (Lipinski definition) is 2. The molecule has 0 aliphatic rings. The predicted molar refractivity (Wildman–Crippen MR) is 85.9 cm³/mol. The van der Waals surface area contributed by atoms with Crippen LogP contribution in [0.3, 0.4) is 0 Å². The Morgan fingerprint density at radius 3 is 1.55 bits per heavy atom. The van der Waals surface area contributed by atoms with Crippen molar-refractivity contribution in [1.29, 1.82) is 0 Å². The van der Waals surface area contributed by atoms with Crippen LogP contribution in [0, 0.1) is 27.7 Å². The predicted octanol–water partition coefficient (Wildman–Crippen LogP) is 5.84. The molecular weight excluding hydrogens is 291 g/mol. The number of hydrogen-bond donors (Lipinski definition) is 0. The molecule has 0 bridgehead atoms. The molecule has 20 heavy (non-hydrogen) atoms. The van der Waals surface area contributed by atoms with Crippen molar-refractivity contribution in [2.75, 3.05) is 0 Å². The van der Waals surface area contributed by atoms with Crippen molar-refractivity contribution in [1.82, 2.24) is 0 Å². The summed E-state index contributed by atoms with van der Waals surface area (Å²) in [5.74, 6) is 1.55. The molecule has 2 aromatic carbocycles. The van der Waals surface area contributed by atoms with Gasteiger partial charge < -0.3 is 9.05 Å². The fraction of sp³-hybridized carbons (Fsp3) is 0.250. The molecule has 0 aliphatic carbocycles. The van der Waals surface area contributed by atoms with Crippen LogP contribution in [0.25, 0.3) is 0 Å². The molecule has 0 spiro atoms. The van der Waals surface area contributed by atoms with E-state index in [0.29, 0.717) is 0 Å². The summed E-state index contributed by atoms with van der Waals surface area (Å²) in [5.41, 5.74) is 4.37. The summed E-state index contributed by atoms with van der Waals surface area (Å²) in [6, 6.07) is 12.1. The third kappa shape index (κ3) is 3.88. The maximum atomic E-state index is 6.22. The molecule has 2 aromatic rings. The van der Waals surface area contributed by atoms with Gasteiger partial charge in [0, 0.05) is 0 Å². The van der Waals surface area contributed by atoms with E-state index in [1.807, 2.05) is 64.1 Å². The van der Waals surface area contributed by atoms with Gasteiger partial charge in [0.1, 0.15) is 11.5 Å². The SMILES string of the molecule is Cc1ccc(C)c(OP(Cl)Oc2cc(C)ccc2C)c1. The first-order valence-electron chi connectivity index (χ1n) is 6.42. The quantitative estimate of drug-likeness (QED) is 0.660. The highest BCUT2D eigenvalue weighted by Crippen LogP contribution is 2.46. The number of benzene rings is 2. The van der Waals surface area contributed by atoms with Crippen LogP contribution in [0.4, 0.5) is 0 Å². The summed E-state index contributed by atoms with van der Waals surface area (Å²) in [6.07, 6.45) is 0. The lowest BCUT2D eigenvalue weighted by molar-refractivity contribution is 0.503. The Bertz CT molecular complexity index is 560. The number of aryl methyl sites for hydroxylation is 4. The first-order chi connectivity index (χ1) is 9.45. The fourth-order valence-electron chi connectivity index (χ4n) is 1.78. The van der Waals surface area contributed by atoms with Crippen LogP contribution in [-0.4, -0.2) is 0 Å². The van der Waals surface area contributed by atoms with Crippen LogP contribution >= 0.6 is 19.0 Å². The van der Waals surface area contributed by atoms with Gasteiger partial charge in [0.25, 0.3) is 0 Å². The average molecular weight is 309 g/mol. The van der Waals surface area contributed by atoms with Crippen LogP contribution in [0.5, 0.6) is 11.5 Å². The van der Waals surface area contributed by atoms with Gasteiger partial charge in [-0.25, -0.2) is 0 Å². The number of rotatable bonds is 4. The minimum Gasteiger partial charge on any atom is -0.427 e. The Hall–Kier alpha value is -1.24. The van der Waals surface area contributed by atoms with E-state index in [2.05, 4.69) is 0 Å². The first kappa shape index (κ1) is 15.2. The lowest BCUT2D eigenvalue weighted by atomic mass is 10.1. The summed E-state index contributed by atoms with van der Waals surface area (Å²) in [7, 11) is -1.52. The van der Waals surface area contributed by atoms with Gasteiger partial charge in [0.15, 0.2) is 0 Å². The van der Waals surface area contributed by atoms with Gasteiger partial charge in [-0.15, -0.1) is 0 Å². The van der Waals surface area contributed by atoms with Gasteiger partial charge in [0.2, 0.25) is 0 Å². The zero-order valence-corrected chi connectivity index (χ0v) is 13.8. The summed E-state index contributed by atoms with van der Waals surface area (Å²) in [4.78, 5) is 0. The summed E-state index contributed by atoms with van der Waals surface area (Å²) < 4.78 is 11.5. The van der Waals surface area contributed by atoms with E-state index in [4.69, 9.17) is 20.3 Å². The lowest BCUT2D eigenvalue weighted by Crippen LogP contribution is -1.94. The Morgan fingerprint density at radius 1 is 0.750 bits per heavy atom. The minimum atomic E-state index is -1.52. The van der Waals surface area contributed by atoms with Gasteiger partial charge in [-0.3, -0.25) is 0 Å². The normalized spacial score (nSPS) is 10.7. The van der Waals surface area contributed by atoms with Gasteiger partial charge >= 0.3 is 7.73 Å². The molecule has 106 valence electrons.